The van der Waals surface area contributed by atoms with E-state index in [-0.39, 0.29) is 24.3 Å². The van der Waals surface area contributed by atoms with Crippen molar-refractivity contribution in [3.63, 3.8) is 0 Å². The van der Waals surface area contributed by atoms with Crippen LogP contribution in [0.25, 0.3) is 16.8 Å². The predicted octanol–water partition coefficient (Wildman–Crippen LogP) is 4.90. The molecule has 0 radical (unpaired) electrons. The number of nitrogens with one attached hydrogen (secondary N) is 1. The Balaban J connectivity index is 1.47. The van der Waals surface area contributed by atoms with Crippen molar-refractivity contribution in [1.82, 2.24) is 24.5 Å². The second-order valence-electron chi connectivity index (χ2n) is 8.36. The second kappa shape index (κ2) is 9.04. The Kier molecular flexibility index (Phi) is 6.09. The summed E-state index contributed by atoms with van der Waals surface area (Å²) in [5, 5.41) is 5.80. The number of pyridine rings is 1. The number of amides is 2. The first-order chi connectivity index (χ1) is 17.9. The molecule has 198 valence electrons. The number of piperazine rings is 1. The number of H-pyrrole nitrogens is 1. The zero-order valence-corrected chi connectivity index (χ0v) is 19.7. The molecule has 15 heteroatoms. The third-order valence-corrected chi connectivity index (χ3v) is 6.37. The summed E-state index contributed by atoms with van der Waals surface area (Å²) in [5.74, 6) is -1.74. The fourth-order valence-electron chi connectivity index (χ4n) is 4.23. The standard InChI is InChI=1S/C23H15ClF6N6O2/c24-19-18(33-20-15(23(28,29)30)7-12(10-36(19)20)13-8-31-32-9-13)21(38)34-5-6-35(17(37)11-34)16-4-2-1-3-14(16)22(25,26)27/h1-4,7-10H,5-6,11H2,(H,31,32). The normalized spacial score (nSPS) is 15.0. The molecule has 1 N–H and O–H groups in total. The van der Waals surface area contributed by atoms with Crippen LogP contribution in [0.3, 0.4) is 0 Å². The van der Waals surface area contributed by atoms with Gasteiger partial charge in [-0.05, 0) is 18.2 Å². The van der Waals surface area contributed by atoms with Crippen molar-refractivity contribution in [2.24, 2.45) is 0 Å². The summed E-state index contributed by atoms with van der Waals surface area (Å²) < 4.78 is 82.8. The molecule has 2 amide bonds. The molecular weight excluding hydrogens is 542 g/mol. The maximum Gasteiger partial charge on any atom is 0.420 e. The lowest BCUT2D eigenvalue weighted by molar-refractivity contribution is -0.137. The Labute approximate surface area is 214 Å². The molecule has 0 atom stereocenters. The molecule has 4 aromatic rings. The molecule has 1 aliphatic heterocycles. The van der Waals surface area contributed by atoms with Crippen LogP contribution in [-0.2, 0) is 17.1 Å². The van der Waals surface area contributed by atoms with Crippen LogP contribution in [0.1, 0.15) is 21.6 Å². The van der Waals surface area contributed by atoms with Gasteiger partial charge in [-0.25, -0.2) is 4.98 Å². The largest absolute Gasteiger partial charge is 0.420 e. The predicted molar refractivity (Wildman–Crippen MR) is 122 cm³/mol. The van der Waals surface area contributed by atoms with Crippen LogP contribution in [0.5, 0.6) is 0 Å². The van der Waals surface area contributed by atoms with Gasteiger partial charge in [-0.3, -0.25) is 19.1 Å². The van der Waals surface area contributed by atoms with E-state index in [1.54, 1.807) is 0 Å². The van der Waals surface area contributed by atoms with E-state index in [1.165, 1.54) is 30.7 Å². The Bertz CT molecular complexity index is 1550. The fourth-order valence-corrected chi connectivity index (χ4v) is 4.48. The molecule has 38 heavy (non-hydrogen) atoms. The molecule has 4 heterocycles. The molecule has 1 fully saturated rings. The number of fused-ring (bicyclic) bond motifs is 1. The highest BCUT2D eigenvalue weighted by Gasteiger charge is 2.39. The van der Waals surface area contributed by atoms with E-state index in [0.29, 0.717) is 5.56 Å². The van der Waals surface area contributed by atoms with Crippen LogP contribution in [-0.4, -0.2) is 55.9 Å². The van der Waals surface area contributed by atoms with Gasteiger partial charge in [0.15, 0.2) is 11.3 Å². The molecule has 1 aliphatic rings. The molecular formula is C23H15ClF6N6O2. The summed E-state index contributed by atoms with van der Waals surface area (Å²) in [4.78, 5) is 31.7. The Morgan fingerprint density at radius 2 is 1.71 bits per heavy atom. The van der Waals surface area contributed by atoms with Crippen molar-refractivity contribution in [2.45, 2.75) is 12.4 Å². The first-order valence-electron chi connectivity index (χ1n) is 10.9. The lowest BCUT2D eigenvalue weighted by Crippen LogP contribution is -2.53. The van der Waals surface area contributed by atoms with E-state index in [9.17, 15) is 35.9 Å². The van der Waals surface area contributed by atoms with Gasteiger partial charge in [-0.1, -0.05) is 23.7 Å². The number of imidazole rings is 1. The maximum absolute atomic E-state index is 13.9. The first-order valence-corrected chi connectivity index (χ1v) is 11.3. The van der Waals surface area contributed by atoms with E-state index in [2.05, 4.69) is 15.2 Å². The van der Waals surface area contributed by atoms with Gasteiger partial charge in [-0.15, -0.1) is 0 Å². The number of aromatic nitrogens is 4. The van der Waals surface area contributed by atoms with Gasteiger partial charge in [0.25, 0.3) is 5.91 Å². The molecule has 0 spiro atoms. The summed E-state index contributed by atoms with van der Waals surface area (Å²) in [6.07, 6.45) is -5.61. The number of benzene rings is 1. The van der Waals surface area contributed by atoms with E-state index >= 15 is 0 Å². The number of carbonyl (C=O) groups is 2. The van der Waals surface area contributed by atoms with Crippen molar-refractivity contribution in [1.29, 1.82) is 0 Å². The van der Waals surface area contributed by atoms with Gasteiger partial charge in [0.2, 0.25) is 5.91 Å². The smallest absolute Gasteiger partial charge is 0.326 e. The number of hydrogen-bond acceptors (Lipinski definition) is 4. The first kappa shape index (κ1) is 25.6. The zero-order chi connectivity index (χ0) is 27.4. The molecule has 5 rings (SSSR count). The number of carbonyl (C=O) groups excluding carboxylic acids is 2. The molecule has 1 aromatic carbocycles. The van der Waals surface area contributed by atoms with Crippen LogP contribution < -0.4 is 4.90 Å². The Morgan fingerprint density at radius 1 is 1.00 bits per heavy atom. The Morgan fingerprint density at radius 3 is 2.34 bits per heavy atom. The molecule has 0 aliphatic carbocycles. The van der Waals surface area contributed by atoms with Crippen molar-refractivity contribution in [3.05, 3.63) is 70.9 Å². The molecule has 0 bridgehead atoms. The minimum Gasteiger partial charge on any atom is -0.326 e. The van der Waals surface area contributed by atoms with Crippen molar-refractivity contribution >= 4 is 34.7 Å². The van der Waals surface area contributed by atoms with E-state index in [1.807, 2.05) is 0 Å². The zero-order valence-electron chi connectivity index (χ0n) is 18.9. The van der Waals surface area contributed by atoms with Crippen molar-refractivity contribution in [2.75, 3.05) is 24.5 Å². The highest BCUT2D eigenvalue weighted by molar-refractivity contribution is 6.33. The topological polar surface area (TPSA) is 86.6 Å². The van der Waals surface area contributed by atoms with Crippen LogP contribution in [0, 0.1) is 0 Å². The third kappa shape index (κ3) is 4.44. The highest BCUT2D eigenvalue weighted by Crippen LogP contribution is 2.38. The summed E-state index contributed by atoms with van der Waals surface area (Å²) in [6, 6.07) is 5.37. The summed E-state index contributed by atoms with van der Waals surface area (Å²) in [7, 11) is 0. The minimum absolute atomic E-state index is 0.101. The van der Waals surface area contributed by atoms with Gasteiger partial charge >= 0.3 is 12.4 Å². The molecule has 8 nitrogen and oxygen atoms in total. The van der Waals surface area contributed by atoms with Gasteiger partial charge in [-0.2, -0.15) is 31.4 Å². The molecule has 3 aromatic heterocycles. The number of hydrogen-bond donors (Lipinski definition) is 1. The quantitative estimate of drug-likeness (QED) is 0.364. The van der Waals surface area contributed by atoms with Gasteiger partial charge in [0.05, 0.1) is 23.0 Å². The molecule has 1 saturated heterocycles. The highest BCUT2D eigenvalue weighted by atomic mass is 35.5. The average molecular weight is 557 g/mol. The minimum atomic E-state index is -4.84. The molecule has 0 saturated carbocycles. The average Bonchev–Trinajstić information content (AvgIpc) is 3.50. The van der Waals surface area contributed by atoms with Gasteiger partial charge in [0, 0.05) is 36.6 Å². The fraction of sp³-hybridized carbons (Fsp3) is 0.217. The monoisotopic (exact) mass is 556 g/mol. The third-order valence-electron chi connectivity index (χ3n) is 6.01. The van der Waals surface area contributed by atoms with Crippen molar-refractivity contribution < 1.29 is 35.9 Å². The van der Waals surface area contributed by atoms with Gasteiger partial charge < -0.3 is 9.80 Å². The van der Waals surface area contributed by atoms with E-state index in [0.717, 1.165) is 32.4 Å². The number of alkyl halides is 6. The lowest BCUT2D eigenvalue weighted by Gasteiger charge is -2.35. The second-order valence-corrected chi connectivity index (χ2v) is 8.72. The number of halogens is 7. The lowest BCUT2D eigenvalue weighted by atomic mass is 10.1. The summed E-state index contributed by atoms with van der Waals surface area (Å²) in [6.45, 7) is -1.10. The summed E-state index contributed by atoms with van der Waals surface area (Å²) >= 11 is 6.30. The number of anilines is 1. The number of rotatable bonds is 3. The van der Waals surface area contributed by atoms with E-state index < -0.39 is 58.3 Å². The SMILES string of the molecule is O=C(c1nc2c(C(F)(F)F)cc(-c3cn[nH]c3)cn2c1Cl)N1CCN(c2ccccc2C(F)(F)F)C(=O)C1. The number of para-hydroxylation sites is 1. The maximum atomic E-state index is 13.9. The van der Waals surface area contributed by atoms with Crippen LogP contribution in [0.15, 0.2) is 48.9 Å². The molecule has 0 unspecified atom stereocenters. The van der Waals surface area contributed by atoms with Crippen LogP contribution in [0.2, 0.25) is 5.15 Å². The van der Waals surface area contributed by atoms with Crippen LogP contribution >= 0.6 is 11.6 Å². The number of aromatic amines is 1. The Hall–Kier alpha value is -4.07. The van der Waals surface area contributed by atoms with Gasteiger partial charge in [0.1, 0.15) is 11.7 Å². The van der Waals surface area contributed by atoms with Crippen LogP contribution in [0.4, 0.5) is 32.0 Å². The number of nitrogens with zero attached hydrogens (tertiary/aromatic N) is 5. The van der Waals surface area contributed by atoms with Crippen molar-refractivity contribution in [3.8, 4) is 11.1 Å². The summed E-state index contributed by atoms with van der Waals surface area (Å²) in [5.41, 5.74) is -3.24. The van der Waals surface area contributed by atoms with E-state index in [4.69, 9.17) is 11.6 Å².